The molecule has 60 valence electrons. The molecule has 0 bridgehead atoms. The zero-order valence-electron chi connectivity index (χ0n) is 6.48. The molecule has 0 aromatic carbocycles. The van der Waals surface area contributed by atoms with Gasteiger partial charge in [-0.25, -0.2) is 4.79 Å². The van der Waals surface area contributed by atoms with Crippen LogP contribution in [0.1, 0.15) is 13.8 Å². The highest BCUT2D eigenvalue weighted by Crippen LogP contribution is 2.18. The molecule has 0 aromatic rings. The van der Waals surface area contributed by atoms with Crippen molar-refractivity contribution in [3.8, 4) is 0 Å². The van der Waals surface area contributed by atoms with Crippen LogP contribution in [0.5, 0.6) is 0 Å². The van der Waals surface area contributed by atoms with E-state index >= 15 is 0 Å². The fourth-order valence-corrected chi connectivity index (χ4v) is 0.797. The average molecular weight is 154 g/mol. The van der Waals surface area contributed by atoms with Gasteiger partial charge in [-0.3, -0.25) is 0 Å². The summed E-state index contributed by atoms with van der Waals surface area (Å²) < 4.78 is 0. The molecule has 1 atom stereocenters. The Bertz CT molecular complexity index is 231. The normalized spacial score (nSPS) is 22.5. The van der Waals surface area contributed by atoms with Crippen LogP contribution in [-0.2, 0) is 4.79 Å². The predicted octanol–water partition coefficient (Wildman–Crippen LogP) is 1.45. The first-order chi connectivity index (χ1) is 5.11. The molecule has 0 saturated heterocycles. The summed E-state index contributed by atoms with van der Waals surface area (Å²) in [5, 5.41) is 15.8. The maximum atomic E-state index is 10.3. The van der Waals surface area contributed by atoms with Gasteiger partial charge in [0.15, 0.2) is 5.70 Å². The quantitative estimate of drug-likeness (QED) is 0.654. The Hall–Kier alpha value is -1.19. The van der Waals surface area contributed by atoms with Crippen LogP contribution in [0.2, 0.25) is 0 Å². The minimum absolute atomic E-state index is 0.0545. The van der Waals surface area contributed by atoms with Crippen LogP contribution in [0.25, 0.3) is 0 Å². The Morgan fingerprint density at radius 2 is 2.36 bits per heavy atom. The fraction of sp³-hybridized carbons (Fsp3) is 0.571. The second-order valence-corrected chi connectivity index (χ2v) is 2.81. The third kappa shape index (κ3) is 1.63. The van der Waals surface area contributed by atoms with E-state index in [1.54, 1.807) is 6.08 Å². The highest BCUT2D eigenvalue weighted by Gasteiger charge is 2.19. The molecule has 4 nitrogen and oxygen atoms in total. The van der Waals surface area contributed by atoms with Gasteiger partial charge in [0.1, 0.15) is 0 Å². The van der Waals surface area contributed by atoms with Crippen LogP contribution in [0, 0.1) is 5.92 Å². The number of carbonyl (C=O) groups is 1. The Balaban J connectivity index is 2.71. The third-order valence-corrected chi connectivity index (χ3v) is 1.53. The molecule has 0 radical (unpaired) electrons. The molecule has 0 amide bonds. The van der Waals surface area contributed by atoms with E-state index < -0.39 is 5.97 Å². The van der Waals surface area contributed by atoms with Gasteiger partial charge in [-0.1, -0.05) is 13.8 Å². The molecule has 0 aromatic heterocycles. The first-order valence-electron chi connectivity index (χ1n) is 3.47. The molecule has 1 heterocycles. The van der Waals surface area contributed by atoms with Gasteiger partial charge in [0.05, 0.1) is 6.04 Å². The summed E-state index contributed by atoms with van der Waals surface area (Å²) in [6.45, 7) is 3.95. The van der Waals surface area contributed by atoms with Crippen molar-refractivity contribution in [1.82, 2.24) is 0 Å². The second kappa shape index (κ2) is 2.82. The van der Waals surface area contributed by atoms with E-state index in [-0.39, 0.29) is 11.7 Å². The van der Waals surface area contributed by atoms with E-state index in [2.05, 4.69) is 10.2 Å². The van der Waals surface area contributed by atoms with Crippen LogP contribution < -0.4 is 0 Å². The number of hydrogen-bond donors (Lipinski definition) is 1. The lowest BCUT2D eigenvalue weighted by molar-refractivity contribution is -0.132. The van der Waals surface area contributed by atoms with Gasteiger partial charge in [-0.05, 0) is 12.0 Å². The van der Waals surface area contributed by atoms with Crippen LogP contribution in [0.15, 0.2) is 22.0 Å². The van der Waals surface area contributed by atoms with Crippen molar-refractivity contribution >= 4 is 5.97 Å². The molecule has 0 saturated carbocycles. The lowest BCUT2D eigenvalue weighted by Crippen LogP contribution is -2.07. The standard InChI is InChI=1S/C7H10N2O2/c1-4(2)5-3-6(7(10)11)9-8-5/h3-5H,1-2H3,(H,10,11)/t5-/m1/s1. The van der Waals surface area contributed by atoms with Crippen LogP contribution in [0.3, 0.4) is 0 Å². The fourth-order valence-electron chi connectivity index (χ4n) is 0.797. The molecule has 11 heavy (non-hydrogen) atoms. The van der Waals surface area contributed by atoms with E-state index in [1.165, 1.54) is 0 Å². The molecular formula is C7H10N2O2. The average Bonchev–Trinajstić information content (AvgIpc) is 2.33. The number of aliphatic carboxylic acids is 1. The van der Waals surface area contributed by atoms with E-state index in [0.29, 0.717) is 5.92 Å². The number of carboxylic acid groups (broad SMARTS) is 1. The minimum Gasteiger partial charge on any atom is -0.476 e. The first kappa shape index (κ1) is 7.91. The topological polar surface area (TPSA) is 62.0 Å². The van der Waals surface area contributed by atoms with Crippen molar-refractivity contribution in [3.63, 3.8) is 0 Å². The summed E-state index contributed by atoms with van der Waals surface area (Å²) in [6.07, 6.45) is 1.58. The van der Waals surface area contributed by atoms with Crippen LogP contribution in [0.4, 0.5) is 0 Å². The van der Waals surface area contributed by atoms with Gasteiger partial charge in [-0.2, -0.15) is 5.11 Å². The van der Waals surface area contributed by atoms with Crippen LogP contribution >= 0.6 is 0 Å². The maximum Gasteiger partial charge on any atom is 0.356 e. The summed E-state index contributed by atoms with van der Waals surface area (Å²) in [6, 6.07) is -0.0545. The van der Waals surface area contributed by atoms with Gasteiger partial charge >= 0.3 is 5.97 Å². The predicted molar refractivity (Wildman–Crippen MR) is 39.2 cm³/mol. The van der Waals surface area contributed by atoms with Crippen molar-refractivity contribution < 1.29 is 9.90 Å². The van der Waals surface area contributed by atoms with Gasteiger partial charge in [0, 0.05) is 0 Å². The zero-order valence-corrected chi connectivity index (χ0v) is 6.48. The smallest absolute Gasteiger partial charge is 0.356 e. The third-order valence-electron chi connectivity index (χ3n) is 1.53. The summed E-state index contributed by atoms with van der Waals surface area (Å²) in [5.41, 5.74) is 0.0590. The first-order valence-corrected chi connectivity index (χ1v) is 3.47. The van der Waals surface area contributed by atoms with E-state index in [9.17, 15) is 4.79 Å². The van der Waals surface area contributed by atoms with Crippen molar-refractivity contribution in [1.29, 1.82) is 0 Å². The number of carboxylic acids is 1. The molecule has 1 aliphatic rings. The van der Waals surface area contributed by atoms with Gasteiger partial charge in [0.2, 0.25) is 0 Å². The number of azo groups is 1. The number of rotatable bonds is 2. The minimum atomic E-state index is -1.00. The van der Waals surface area contributed by atoms with Crippen molar-refractivity contribution in [2.24, 2.45) is 16.1 Å². The number of hydrogen-bond acceptors (Lipinski definition) is 3. The van der Waals surface area contributed by atoms with Crippen molar-refractivity contribution in [2.45, 2.75) is 19.9 Å². The van der Waals surface area contributed by atoms with E-state index in [4.69, 9.17) is 5.11 Å². The zero-order chi connectivity index (χ0) is 8.43. The molecule has 1 aliphatic heterocycles. The largest absolute Gasteiger partial charge is 0.476 e. The summed E-state index contributed by atoms with van der Waals surface area (Å²) >= 11 is 0. The monoisotopic (exact) mass is 154 g/mol. The molecule has 0 spiro atoms. The van der Waals surface area contributed by atoms with Crippen LogP contribution in [-0.4, -0.2) is 17.1 Å². The van der Waals surface area contributed by atoms with E-state index in [1.807, 2.05) is 13.8 Å². The molecule has 4 heteroatoms. The Kier molecular flexibility index (Phi) is 2.03. The molecule has 1 rings (SSSR count). The van der Waals surface area contributed by atoms with Gasteiger partial charge < -0.3 is 5.11 Å². The Labute approximate surface area is 64.6 Å². The highest BCUT2D eigenvalue weighted by molar-refractivity contribution is 5.86. The molecule has 0 unspecified atom stereocenters. The summed E-state index contributed by atoms with van der Waals surface area (Å²) in [7, 11) is 0. The molecular weight excluding hydrogens is 144 g/mol. The maximum absolute atomic E-state index is 10.3. The van der Waals surface area contributed by atoms with E-state index in [0.717, 1.165) is 0 Å². The SMILES string of the molecule is CC(C)[C@H]1C=C(C(=O)O)N=N1. The Morgan fingerprint density at radius 3 is 2.64 bits per heavy atom. The highest BCUT2D eigenvalue weighted by atomic mass is 16.4. The molecule has 1 N–H and O–H groups in total. The second-order valence-electron chi connectivity index (χ2n) is 2.81. The number of nitrogens with zero attached hydrogens (tertiary/aromatic N) is 2. The lowest BCUT2D eigenvalue weighted by atomic mass is 10.1. The lowest BCUT2D eigenvalue weighted by Gasteiger charge is -2.04. The Morgan fingerprint density at radius 1 is 1.73 bits per heavy atom. The van der Waals surface area contributed by atoms with Crippen molar-refractivity contribution in [2.75, 3.05) is 0 Å². The van der Waals surface area contributed by atoms with Gasteiger partial charge in [-0.15, -0.1) is 5.11 Å². The molecule has 0 aliphatic carbocycles. The molecule has 0 fully saturated rings. The van der Waals surface area contributed by atoms with Crippen molar-refractivity contribution in [3.05, 3.63) is 11.8 Å². The summed E-state index contributed by atoms with van der Waals surface area (Å²) in [4.78, 5) is 10.3. The summed E-state index contributed by atoms with van der Waals surface area (Å²) in [5.74, 6) is -0.688. The van der Waals surface area contributed by atoms with Gasteiger partial charge in [0.25, 0.3) is 0 Å².